The number of hydrogen-bond donors (Lipinski definition) is 0. The van der Waals surface area contributed by atoms with Crippen molar-refractivity contribution in [2.45, 2.75) is 56.9 Å². The lowest BCUT2D eigenvalue weighted by atomic mass is 9.98. The van der Waals surface area contributed by atoms with Gasteiger partial charge in [0, 0.05) is 7.11 Å². The van der Waals surface area contributed by atoms with Crippen LogP contribution in [0.2, 0.25) is 0 Å². The third-order valence-corrected chi connectivity index (χ3v) is 4.12. The number of rotatable bonds is 5. The van der Waals surface area contributed by atoms with Gasteiger partial charge in [-0.1, -0.05) is 36.4 Å². The molecule has 0 aliphatic carbocycles. The van der Waals surface area contributed by atoms with Crippen LogP contribution in [0.5, 0.6) is 0 Å². The van der Waals surface area contributed by atoms with E-state index in [-0.39, 0.29) is 24.4 Å². The van der Waals surface area contributed by atoms with Gasteiger partial charge in [-0.25, -0.2) is 0 Å². The monoisotopic (exact) mass is 320 g/mol. The van der Waals surface area contributed by atoms with Gasteiger partial charge in [-0.15, -0.1) is 6.58 Å². The van der Waals surface area contributed by atoms with Gasteiger partial charge in [-0.05, 0) is 19.4 Å². The van der Waals surface area contributed by atoms with Crippen LogP contribution in [0.4, 0.5) is 0 Å². The van der Waals surface area contributed by atoms with Crippen LogP contribution in [0, 0.1) is 0 Å². The maximum Gasteiger partial charge on any atom is 0.186 e. The summed E-state index contributed by atoms with van der Waals surface area (Å²) in [5, 5.41) is 0. The first-order valence-electron chi connectivity index (χ1n) is 7.86. The van der Waals surface area contributed by atoms with Gasteiger partial charge in [0.25, 0.3) is 0 Å². The molecule has 1 aromatic rings. The molecule has 0 amide bonds. The Kier molecular flexibility index (Phi) is 4.85. The van der Waals surface area contributed by atoms with Crippen molar-refractivity contribution < 1.29 is 23.7 Å². The molecule has 126 valence electrons. The van der Waals surface area contributed by atoms with Gasteiger partial charge in [0.05, 0.1) is 6.61 Å². The molecular weight excluding hydrogens is 296 g/mol. The second-order valence-corrected chi connectivity index (χ2v) is 6.27. The summed E-state index contributed by atoms with van der Waals surface area (Å²) in [6, 6.07) is 10.0. The van der Waals surface area contributed by atoms with E-state index in [1.165, 1.54) is 0 Å². The lowest BCUT2D eigenvalue weighted by molar-refractivity contribution is -0.264. The summed E-state index contributed by atoms with van der Waals surface area (Å²) in [7, 11) is 1.60. The van der Waals surface area contributed by atoms with E-state index in [0.717, 1.165) is 5.56 Å². The number of methoxy groups -OCH3 is 1. The minimum absolute atomic E-state index is 0.268. The van der Waals surface area contributed by atoms with Crippen LogP contribution in [0.15, 0.2) is 43.0 Å². The van der Waals surface area contributed by atoms with Crippen LogP contribution < -0.4 is 0 Å². The molecular formula is C18H24O5. The van der Waals surface area contributed by atoms with Gasteiger partial charge in [0.2, 0.25) is 0 Å². The molecule has 2 heterocycles. The maximum atomic E-state index is 6.12. The van der Waals surface area contributed by atoms with E-state index in [1.807, 2.05) is 44.2 Å². The first-order chi connectivity index (χ1) is 11.0. The van der Waals surface area contributed by atoms with E-state index < -0.39 is 12.1 Å². The number of hydrogen-bond acceptors (Lipinski definition) is 5. The molecule has 5 heteroatoms. The van der Waals surface area contributed by atoms with Gasteiger partial charge in [-0.3, -0.25) is 0 Å². The summed E-state index contributed by atoms with van der Waals surface area (Å²) in [5.41, 5.74) is 1.10. The molecule has 5 nitrogen and oxygen atoms in total. The van der Waals surface area contributed by atoms with Crippen molar-refractivity contribution in [1.29, 1.82) is 0 Å². The minimum Gasteiger partial charge on any atom is -0.368 e. The van der Waals surface area contributed by atoms with Gasteiger partial charge >= 0.3 is 0 Å². The molecule has 2 aliphatic heterocycles. The Morgan fingerprint density at radius 3 is 2.52 bits per heavy atom. The molecule has 0 saturated carbocycles. The molecule has 0 radical (unpaired) electrons. The molecule has 3 rings (SSSR count). The van der Waals surface area contributed by atoms with Crippen molar-refractivity contribution in [3.8, 4) is 0 Å². The fraction of sp³-hybridized carbons (Fsp3) is 0.556. The van der Waals surface area contributed by atoms with E-state index in [2.05, 4.69) is 6.58 Å². The van der Waals surface area contributed by atoms with Crippen molar-refractivity contribution in [2.75, 3.05) is 7.11 Å². The molecule has 5 atom stereocenters. The fourth-order valence-corrected chi connectivity index (χ4v) is 3.11. The van der Waals surface area contributed by atoms with Gasteiger partial charge in [0.1, 0.15) is 24.4 Å². The molecule has 23 heavy (non-hydrogen) atoms. The Morgan fingerprint density at radius 1 is 1.17 bits per heavy atom. The molecule has 2 aliphatic rings. The average molecular weight is 320 g/mol. The maximum absolute atomic E-state index is 6.12. The zero-order valence-corrected chi connectivity index (χ0v) is 13.8. The van der Waals surface area contributed by atoms with E-state index in [9.17, 15) is 0 Å². The molecule has 0 bridgehead atoms. The predicted octanol–water partition coefficient (Wildman–Crippen LogP) is 2.65. The van der Waals surface area contributed by atoms with E-state index >= 15 is 0 Å². The fourth-order valence-electron chi connectivity index (χ4n) is 3.11. The van der Waals surface area contributed by atoms with Crippen molar-refractivity contribution in [3.63, 3.8) is 0 Å². The third-order valence-electron chi connectivity index (χ3n) is 4.12. The first kappa shape index (κ1) is 16.6. The number of fused-ring (bicyclic) bond motifs is 1. The highest BCUT2D eigenvalue weighted by Gasteiger charge is 2.55. The highest BCUT2D eigenvalue weighted by Crippen LogP contribution is 2.39. The number of ether oxygens (including phenoxy) is 5. The highest BCUT2D eigenvalue weighted by molar-refractivity contribution is 5.14. The summed E-state index contributed by atoms with van der Waals surface area (Å²) >= 11 is 0. The van der Waals surface area contributed by atoms with Crippen LogP contribution in [-0.2, 0) is 30.3 Å². The Bertz CT molecular complexity index is 529. The van der Waals surface area contributed by atoms with Crippen molar-refractivity contribution >= 4 is 0 Å². The standard InChI is InChI=1S/C18H24O5/c1-5-13-14(20-11-12-9-7-6-8-10-12)15-16(17(19-4)21-13)23-18(2,3)22-15/h5-10,13-17H,1,11H2,2-4H3/t13?,14-,15?,16?,17+/m1/s1. The third kappa shape index (κ3) is 3.49. The smallest absolute Gasteiger partial charge is 0.186 e. The van der Waals surface area contributed by atoms with Crippen molar-refractivity contribution in [3.05, 3.63) is 48.6 Å². The highest BCUT2D eigenvalue weighted by atomic mass is 16.8. The largest absolute Gasteiger partial charge is 0.368 e. The molecule has 1 aromatic carbocycles. The summed E-state index contributed by atoms with van der Waals surface area (Å²) in [5.74, 6) is -0.695. The zero-order valence-electron chi connectivity index (χ0n) is 13.8. The van der Waals surface area contributed by atoms with Crippen LogP contribution in [-0.4, -0.2) is 43.6 Å². The van der Waals surface area contributed by atoms with E-state index in [1.54, 1.807) is 13.2 Å². The van der Waals surface area contributed by atoms with Crippen LogP contribution in [0.3, 0.4) is 0 Å². The summed E-state index contributed by atoms with van der Waals surface area (Å²) in [4.78, 5) is 0. The summed E-state index contributed by atoms with van der Waals surface area (Å²) in [6.07, 6.45) is 0.0177. The molecule has 0 aromatic heterocycles. The Balaban J connectivity index is 1.77. The van der Waals surface area contributed by atoms with E-state index in [0.29, 0.717) is 6.61 Å². The predicted molar refractivity (Wildman–Crippen MR) is 84.7 cm³/mol. The first-order valence-corrected chi connectivity index (χ1v) is 7.86. The second-order valence-electron chi connectivity index (χ2n) is 6.27. The number of benzene rings is 1. The van der Waals surface area contributed by atoms with Gasteiger partial charge in [-0.2, -0.15) is 0 Å². The van der Waals surface area contributed by atoms with Crippen molar-refractivity contribution in [2.24, 2.45) is 0 Å². The SMILES string of the molecule is C=CC1O[C@H](OC)C2OC(C)(C)OC2[C@@H]1OCc1ccccc1. The van der Waals surface area contributed by atoms with Gasteiger partial charge < -0.3 is 23.7 Å². The van der Waals surface area contributed by atoms with Crippen LogP contribution >= 0.6 is 0 Å². The molecule has 2 fully saturated rings. The molecule has 0 N–H and O–H groups in total. The average Bonchev–Trinajstić information content (AvgIpc) is 2.88. The van der Waals surface area contributed by atoms with Crippen LogP contribution in [0.25, 0.3) is 0 Å². The normalized spacial score (nSPS) is 35.7. The zero-order chi connectivity index (χ0) is 16.4. The lowest BCUT2D eigenvalue weighted by Crippen LogP contribution is -2.56. The van der Waals surface area contributed by atoms with Crippen molar-refractivity contribution in [1.82, 2.24) is 0 Å². The van der Waals surface area contributed by atoms with Gasteiger partial charge in [0.15, 0.2) is 12.1 Å². The lowest BCUT2D eigenvalue weighted by Gasteiger charge is -2.40. The molecule has 0 spiro atoms. The Morgan fingerprint density at radius 2 is 1.87 bits per heavy atom. The van der Waals surface area contributed by atoms with E-state index in [4.69, 9.17) is 23.7 Å². The minimum atomic E-state index is -0.695. The summed E-state index contributed by atoms with van der Waals surface area (Å²) < 4.78 is 29.5. The molecule has 2 saturated heterocycles. The topological polar surface area (TPSA) is 46.2 Å². The quantitative estimate of drug-likeness (QED) is 0.781. The Hall–Kier alpha value is -1.24. The summed E-state index contributed by atoms with van der Waals surface area (Å²) in [6.45, 7) is 8.10. The van der Waals surface area contributed by atoms with Crippen LogP contribution in [0.1, 0.15) is 19.4 Å². The second kappa shape index (κ2) is 6.71. The Labute approximate surface area is 137 Å². The molecule has 3 unspecified atom stereocenters.